The van der Waals surface area contributed by atoms with Gasteiger partial charge in [-0.3, -0.25) is 9.10 Å². The van der Waals surface area contributed by atoms with E-state index in [1.54, 1.807) is 48.5 Å². The third kappa shape index (κ3) is 7.02. The van der Waals surface area contributed by atoms with Crippen LogP contribution in [0.3, 0.4) is 0 Å². The van der Waals surface area contributed by atoms with Gasteiger partial charge in [0.15, 0.2) is 11.5 Å². The molecule has 0 atom stereocenters. The van der Waals surface area contributed by atoms with Crippen molar-refractivity contribution in [1.29, 1.82) is 0 Å². The molecule has 0 fully saturated rings. The van der Waals surface area contributed by atoms with Gasteiger partial charge in [0, 0.05) is 5.02 Å². The number of halogens is 1. The summed E-state index contributed by atoms with van der Waals surface area (Å²) in [5.41, 5.74) is 3.09. The number of anilines is 1. The van der Waals surface area contributed by atoms with Crippen LogP contribution in [0.1, 0.15) is 5.56 Å². The highest BCUT2D eigenvalue weighted by atomic mass is 35.5. The van der Waals surface area contributed by atoms with E-state index < -0.39 is 22.5 Å². The highest BCUT2D eigenvalue weighted by Crippen LogP contribution is 2.34. The Bertz CT molecular complexity index is 1380. The van der Waals surface area contributed by atoms with E-state index in [2.05, 4.69) is 17.1 Å². The van der Waals surface area contributed by atoms with Crippen LogP contribution < -0.4 is 23.9 Å². The molecule has 0 aliphatic rings. The van der Waals surface area contributed by atoms with Crippen molar-refractivity contribution in [2.24, 2.45) is 5.10 Å². The first-order valence-corrected chi connectivity index (χ1v) is 12.8. The number of hydrazone groups is 1. The van der Waals surface area contributed by atoms with Crippen LogP contribution in [0.25, 0.3) is 0 Å². The normalized spacial score (nSPS) is 11.1. The lowest BCUT2D eigenvalue weighted by Crippen LogP contribution is -2.39. The third-order valence-corrected chi connectivity index (χ3v) is 6.98. The molecule has 0 aliphatic carbocycles. The molecule has 0 aliphatic heterocycles. The first kappa shape index (κ1) is 27.6. The van der Waals surface area contributed by atoms with E-state index in [1.165, 1.54) is 44.7 Å². The van der Waals surface area contributed by atoms with Gasteiger partial charge >= 0.3 is 0 Å². The number of nitrogens with zero attached hydrogens (tertiary/aromatic N) is 2. The molecule has 0 heterocycles. The van der Waals surface area contributed by atoms with E-state index >= 15 is 0 Å². The molecule has 9 nitrogen and oxygen atoms in total. The zero-order valence-corrected chi connectivity index (χ0v) is 21.8. The number of amides is 1. The molecule has 11 heteroatoms. The van der Waals surface area contributed by atoms with Crippen molar-refractivity contribution >= 4 is 39.4 Å². The minimum Gasteiger partial charge on any atom is -0.495 e. The molecule has 0 spiro atoms. The number of hydrogen-bond acceptors (Lipinski definition) is 7. The molecule has 37 heavy (non-hydrogen) atoms. The predicted octanol–water partition coefficient (Wildman–Crippen LogP) is 4.27. The Balaban J connectivity index is 1.84. The van der Waals surface area contributed by atoms with Crippen molar-refractivity contribution in [2.75, 3.05) is 31.7 Å². The highest BCUT2D eigenvalue weighted by molar-refractivity contribution is 7.92. The van der Waals surface area contributed by atoms with E-state index in [9.17, 15) is 13.2 Å². The number of carbonyl (C=O) groups is 1. The summed E-state index contributed by atoms with van der Waals surface area (Å²) in [6.45, 7) is 3.35. The van der Waals surface area contributed by atoms with Crippen LogP contribution in [-0.4, -0.2) is 47.9 Å². The van der Waals surface area contributed by atoms with Crippen molar-refractivity contribution in [1.82, 2.24) is 5.43 Å². The number of rotatable bonds is 12. The van der Waals surface area contributed by atoms with Crippen LogP contribution in [0.15, 0.2) is 89.4 Å². The van der Waals surface area contributed by atoms with E-state index in [1.807, 2.05) is 0 Å². The topological polar surface area (TPSA) is 107 Å². The first-order valence-electron chi connectivity index (χ1n) is 10.9. The fourth-order valence-electron chi connectivity index (χ4n) is 3.25. The van der Waals surface area contributed by atoms with Gasteiger partial charge in [-0.25, -0.2) is 13.8 Å². The SMILES string of the molecule is C=CCOc1ccc(/C=N\NC(=O)CN(c2cc(Cl)ccc2OC)S(=O)(=O)c2ccccc2)cc1OC. The zero-order chi connectivity index (χ0) is 26.8. The van der Waals surface area contributed by atoms with Gasteiger partial charge in [0.2, 0.25) is 0 Å². The summed E-state index contributed by atoms with van der Waals surface area (Å²) in [4.78, 5) is 12.8. The second-order valence-electron chi connectivity index (χ2n) is 7.44. The standard InChI is InChI=1S/C26H26ClN3O6S/c1-4-14-36-24-12-10-19(15-25(24)35-3)17-28-29-26(31)18-30(22-16-20(27)11-13-23(22)34-2)37(32,33)21-8-6-5-7-9-21/h4-13,15-17H,1,14,18H2,2-3H3,(H,29,31)/b28-17-. The average molecular weight is 544 g/mol. The Hall–Kier alpha value is -4.02. The number of methoxy groups -OCH3 is 2. The molecule has 3 rings (SSSR count). The van der Waals surface area contributed by atoms with Crippen molar-refractivity contribution in [2.45, 2.75) is 4.90 Å². The summed E-state index contributed by atoms with van der Waals surface area (Å²) in [6, 6.07) is 17.3. The van der Waals surface area contributed by atoms with Crippen molar-refractivity contribution in [3.05, 3.63) is 90.0 Å². The molecule has 3 aromatic rings. The van der Waals surface area contributed by atoms with E-state index in [0.717, 1.165) is 4.31 Å². The maximum Gasteiger partial charge on any atom is 0.264 e. The molecule has 1 amide bonds. The largest absolute Gasteiger partial charge is 0.495 e. The van der Waals surface area contributed by atoms with Gasteiger partial charge in [-0.05, 0) is 54.1 Å². The quantitative estimate of drug-likeness (QED) is 0.208. The van der Waals surface area contributed by atoms with E-state index in [-0.39, 0.29) is 21.4 Å². The number of sulfonamides is 1. The van der Waals surface area contributed by atoms with Gasteiger partial charge in [0.05, 0.1) is 31.0 Å². The van der Waals surface area contributed by atoms with Crippen LogP contribution in [0, 0.1) is 0 Å². The Kier molecular flexibility index (Phi) is 9.53. The molecule has 0 radical (unpaired) electrons. The van der Waals surface area contributed by atoms with Gasteiger partial charge in [-0.2, -0.15) is 5.10 Å². The molecular formula is C26H26ClN3O6S. The number of nitrogens with one attached hydrogen (secondary N) is 1. The van der Waals surface area contributed by atoms with Crippen LogP contribution >= 0.6 is 11.6 Å². The smallest absolute Gasteiger partial charge is 0.264 e. The molecule has 1 N–H and O–H groups in total. The van der Waals surface area contributed by atoms with Gasteiger partial charge in [0.25, 0.3) is 15.9 Å². The second-order valence-corrected chi connectivity index (χ2v) is 9.74. The van der Waals surface area contributed by atoms with E-state index in [0.29, 0.717) is 23.7 Å². The molecule has 0 bridgehead atoms. The first-order chi connectivity index (χ1) is 17.8. The minimum absolute atomic E-state index is 0.000752. The van der Waals surface area contributed by atoms with Crippen LogP contribution in [0.5, 0.6) is 17.2 Å². The third-order valence-electron chi connectivity index (χ3n) is 4.98. The fraction of sp³-hybridized carbons (Fsp3) is 0.154. The lowest BCUT2D eigenvalue weighted by molar-refractivity contribution is -0.119. The molecule has 0 aromatic heterocycles. The summed E-state index contributed by atoms with van der Waals surface area (Å²) in [6.07, 6.45) is 3.01. The van der Waals surface area contributed by atoms with E-state index in [4.69, 9.17) is 25.8 Å². The van der Waals surface area contributed by atoms with Gasteiger partial charge in [-0.15, -0.1) is 0 Å². The molecule has 0 unspecified atom stereocenters. The maximum atomic E-state index is 13.5. The number of hydrogen-bond donors (Lipinski definition) is 1. The average Bonchev–Trinajstić information content (AvgIpc) is 2.91. The Morgan fingerprint density at radius 2 is 1.73 bits per heavy atom. The number of benzene rings is 3. The van der Waals surface area contributed by atoms with Crippen LogP contribution in [0.4, 0.5) is 5.69 Å². The van der Waals surface area contributed by atoms with Crippen LogP contribution in [-0.2, 0) is 14.8 Å². The predicted molar refractivity (Wildman–Crippen MR) is 143 cm³/mol. The van der Waals surface area contributed by atoms with Crippen molar-refractivity contribution in [3.63, 3.8) is 0 Å². The monoisotopic (exact) mass is 543 g/mol. The Morgan fingerprint density at radius 3 is 2.41 bits per heavy atom. The Labute approximate surface area is 221 Å². The van der Waals surface area contributed by atoms with Crippen molar-refractivity contribution in [3.8, 4) is 17.2 Å². The lowest BCUT2D eigenvalue weighted by Gasteiger charge is -2.25. The van der Waals surface area contributed by atoms with Gasteiger partial charge < -0.3 is 14.2 Å². The minimum atomic E-state index is -4.15. The van der Waals surface area contributed by atoms with Gasteiger partial charge in [0.1, 0.15) is 18.9 Å². The Morgan fingerprint density at radius 1 is 1.03 bits per heavy atom. The molecule has 3 aromatic carbocycles. The summed E-state index contributed by atoms with van der Waals surface area (Å²) in [5, 5.41) is 4.23. The van der Waals surface area contributed by atoms with Crippen LogP contribution in [0.2, 0.25) is 5.02 Å². The van der Waals surface area contributed by atoms with Gasteiger partial charge in [-0.1, -0.05) is 42.5 Å². The zero-order valence-electron chi connectivity index (χ0n) is 20.3. The second kappa shape index (κ2) is 12.8. The molecule has 0 saturated carbocycles. The van der Waals surface area contributed by atoms with Crippen molar-refractivity contribution < 1.29 is 27.4 Å². The number of carbonyl (C=O) groups excluding carboxylic acids is 1. The fourth-order valence-corrected chi connectivity index (χ4v) is 4.87. The summed E-state index contributed by atoms with van der Waals surface area (Å²) in [5.74, 6) is 0.549. The summed E-state index contributed by atoms with van der Waals surface area (Å²) >= 11 is 6.14. The lowest BCUT2D eigenvalue weighted by atomic mass is 10.2. The molecular weight excluding hydrogens is 518 g/mol. The molecule has 194 valence electrons. The highest BCUT2D eigenvalue weighted by Gasteiger charge is 2.29. The number of ether oxygens (including phenoxy) is 3. The summed E-state index contributed by atoms with van der Waals surface area (Å²) < 4.78 is 44.1. The molecule has 0 saturated heterocycles. The summed E-state index contributed by atoms with van der Waals surface area (Å²) in [7, 11) is -1.25. The maximum absolute atomic E-state index is 13.5.